The summed E-state index contributed by atoms with van der Waals surface area (Å²) < 4.78 is 0.742. The Morgan fingerprint density at radius 2 is 1.50 bits per heavy atom. The molecule has 0 saturated heterocycles. The zero-order valence-electron chi connectivity index (χ0n) is 19.0. The fourth-order valence-corrected chi connectivity index (χ4v) is 3.95. The van der Waals surface area contributed by atoms with E-state index in [4.69, 9.17) is 5.73 Å². The van der Waals surface area contributed by atoms with E-state index in [2.05, 4.69) is 27.1 Å². The SMILES string of the molecule is C=CC[N+](C)(CCCCCCCCCCCC)C(CCCN)C(=O)C(=C)C.[Cl-]. The third-order valence-corrected chi connectivity index (χ3v) is 5.73. The summed E-state index contributed by atoms with van der Waals surface area (Å²) in [4.78, 5) is 12.8. The van der Waals surface area contributed by atoms with E-state index in [9.17, 15) is 4.79 Å². The van der Waals surface area contributed by atoms with E-state index >= 15 is 0 Å². The molecule has 0 amide bonds. The lowest BCUT2D eigenvalue weighted by molar-refractivity contribution is -0.919. The highest BCUT2D eigenvalue weighted by atomic mass is 35.5. The maximum atomic E-state index is 12.8. The molecule has 28 heavy (non-hydrogen) atoms. The van der Waals surface area contributed by atoms with Crippen LogP contribution < -0.4 is 18.1 Å². The summed E-state index contributed by atoms with van der Waals surface area (Å²) in [5.74, 6) is 0.194. The zero-order valence-corrected chi connectivity index (χ0v) is 19.7. The minimum Gasteiger partial charge on any atom is -1.00 e. The van der Waals surface area contributed by atoms with Crippen LogP contribution in [0.4, 0.5) is 0 Å². The first-order valence-corrected chi connectivity index (χ1v) is 11.3. The van der Waals surface area contributed by atoms with Gasteiger partial charge in [0.15, 0.2) is 6.04 Å². The van der Waals surface area contributed by atoms with Gasteiger partial charge in [-0.05, 0) is 44.4 Å². The fourth-order valence-electron chi connectivity index (χ4n) is 3.95. The van der Waals surface area contributed by atoms with E-state index in [1.807, 2.05) is 13.0 Å². The van der Waals surface area contributed by atoms with E-state index in [0.717, 1.165) is 30.4 Å². The molecule has 4 heteroatoms. The van der Waals surface area contributed by atoms with Crippen LogP contribution in [0.5, 0.6) is 0 Å². The molecule has 2 atom stereocenters. The number of nitrogens with two attached hydrogens (primary N) is 1. The molecule has 0 aromatic rings. The highest BCUT2D eigenvalue weighted by Crippen LogP contribution is 2.21. The van der Waals surface area contributed by atoms with Crippen molar-refractivity contribution < 1.29 is 21.7 Å². The van der Waals surface area contributed by atoms with Crippen LogP contribution in [0.15, 0.2) is 24.8 Å². The Hall–Kier alpha value is -0.640. The summed E-state index contributed by atoms with van der Waals surface area (Å²) in [5.41, 5.74) is 6.38. The van der Waals surface area contributed by atoms with Gasteiger partial charge >= 0.3 is 0 Å². The second kappa shape index (κ2) is 18.4. The van der Waals surface area contributed by atoms with Crippen LogP contribution in [0.25, 0.3) is 0 Å². The molecule has 2 unspecified atom stereocenters. The summed E-state index contributed by atoms with van der Waals surface area (Å²) in [7, 11) is 2.21. The molecule has 166 valence electrons. The van der Waals surface area contributed by atoms with E-state index < -0.39 is 0 Å². The van der Waals surface area contributed by atoms with Gasteiger partial charge in [0.2, 0.25) is 5.78 Å². The minimum atomic E-state index is -0.0392. The lowest BCUT2D eigenvalue weighted by atomic mass is 9.97. The van der Waals surface area contributed by atoms with E-state index in [0.29, 0.717) is 12.1 Å². The Kier molecular flexibility index (Phi) is 19.4. The molecule has 0 heterocycles. The number of carbonyl (C=O) groups is 1. The number of hydrogen-bond donors (Lipinski definition) is 1. The molecule has 0 rings (SSSR count). The number of likely N-dealkylation sites (N-methyl/N-ethyl adjacent to an activating group) is 1. The number of rotatable bonds is 19. The number of quaternary nitrogens is 1. The number of unbranched alkanes of at least 4 members (excludes halogenated alkanes) is 9. The summed E-state index contributed by atoms with van der Waals surface area (Å²) >= 11 is 0. The number of ketones is 1. The molecule has 0 aliphatic heterocycles. The normalized spacial score (nSPS) is 14.0. The first-order valence-electron chi connectivity index (χ1n) is 11.3. The standard InChI is InChI=1S/C24H47N2O.ClH/c1-6-8-9-10-11-12-13-14-15-16-21-26(5,20-7-2)23(18-17-19-25)24(27)22(3)4;/h7,23H,2-3,6,8-21,25H2,1,4-5H3;1H/q+1;/p-1. The van der Waals surface area contributed by atoms with Crippen LogP contribution in [-0.2, 0) is 4.79 Å². The smallest absolute Gasteiger partial charge is 0.215 e. The Bertz CT molecular complexity index is 425. The first kappa shape index (κ1) is 29.6. The van der Waals surface area contributed by atoms with Crippen molar-refractivity contribution in [2.24, 2.45) is 5.73 Å². The quantitative estimate of drug-likeness (QED) is 0.153. The average molecular weight is 415 g/mol. The van der Waals surface area contributed by atoms with Crippen molar-refractivity contribution in [3.8, 4) is 0 Å². The predicted molar refractivity (Wildman–Crippen MR) is 120 cm³/mol. The molecule has 0 saturated carbocycles. The van der Waals surface area contributed by atoms with Crippen LogP contribution in [-0.4, -0.2) is 43.0 Å². The highest BCUT2D eigenvalue weighted by molar-refractivity contribution is 5.97. The van der Waals surface area contributed by atoms with Crippen molar-refractivity contribution in [2.75, 3.05) is 26.7 Å². The number of nitrogens with zero attached hydrogens (tertiary/aromatic N) is 1. The van der Waals surface area contributed by atoms with Gasteiger partial charge in [-0.3, -0.25) is 4.79 Å². The molecule has 3 nitrogen and oxygen atoms in total. The molecule has 0 aromatic heterocycles. The number of hydrogen-bond acceptors (Lipinski definition) is 2. The highest BCUT2D eigenvalue weighted by Gasteiger charge is 2.36. The topological polar surface area (TPSA) is 43.1 Å². The van der Waals surface area contributed by atoms with Crippen molar-refractivity contribution in [2.45, 2.75) is 96.9 Å². The molecule has 0 spiro atoms. The van der Waals surface area contributed by atoms with Gasteiger partial charge in [-0.1, -0.05) is 71.4 Å². The van der Waals surface area contributed by atoms with Gasteiger partial charge in [0.25, 0.3) is 0 Å². The lowest BCUT2D eigenvalue weighted by Crippen LogP contribution is -3.00. The van der Waals surface area contributed by atoms with Crippen molar-refractivity contribution in [1.82, 2.24) is 0 Å². The molecule has 0 fully saturated rings. The van der Waals surface area contributed by atoms with Crippen molar-refractivity contribution in [3.63, 3.8) is 0 Å². The lowest BCUT2D eigenvalue weighted by Gasteiger charge is -2.40. The van der Waals surface area contributed by atoms with Gasteiger partial charge in [-0.25, -0.2) is 0 Å². The van der Waals surface area contributed by atoms with Crippen LogP contribution in [0, 0.1) is 0 Å². The largest absolute Gasteiger partial charge is 1.00 e. The second-order valence-corrected chi connectivity index (χ2v) is 8.45. The van der Waals surface area contributed by atoms with Gasteiger partial charge in [-0.15, -0.1) is 0 Å². The Morgan fingerprint density at radius 1 is 1.00 bits per heavy atom. The van der Waals surface area contributed by atoms with Gasteiger partial charge in [0.1, 0.15) is 0 Å². The summed E-state index contributed by atoms with van der Waals surface area (Å²) in [6.07, 6.45) is 17.0. The molecule has 2 N–H and O–H groups in total. The molecular formula is C24H47ClN2O. The van der Waals surface area contributed by atoms with Crippen molar-refractivity contribution in [3.05, 3.63) is 24.8 Å². The van der Waals surface area contributed by atoms with Gasteiger partial charge < -0.3 is 22.6 Å². The molecule has 0 bridgehead atoms. The Labute approximate surface area is 181 Å². The first-order chi connectivity index (χ1) is 12.9. The number of carbonyl (C=O) groups excluding carboxylic acids is 1. The van der Waals surface area contributed by atoms with Crippen molar-refractivity contribution in [1.29, 1.82) is 0 Å². The summed E-state index contributed by atoms with van der Waals surface area (Å²) in [6, 6.07) is -0.0392. The molecule has 0 aromatic carbocycles. The molecule has 0 aliphatic rings. The Morgan fingerprint density at radius 3 is 1.93 bits per heavy atom. The monoisotopic (exact) mass is 414 g/mol. The fraction of sp³-hybridized carbons (Fsp3) is 0.792. The zero-order chi connectivity index (χ0) is 20.5. The predicted octanol–water partition coefficient (Wildman–Crippen LogP) is 2.80. The third kappa shape index (κ3) is 12.7. The Balaban J connectivity index is 0. The third-order valence-electron chi connectivity index (χ3n) is 5.73. The van der Waals surface area contributed by atoms with E-state index in [1.54, 1.807) is 0 Å². The van der Waals surface area contributed by atoms with E-state index in [-0.39, 0.29) is 24.2 Å². The maximum absolute atomic E-state index is 12.8. The van der Waals surface area contributed by atoms with Gasteiger partial charge in [0, 0.05) is 6.42 Å². The van der Waals surface area contributed by atoms with Crippen LogP contribution >= 0.6 is 0 Å². The summed E-state index contributed by atoms with van der Waals surface area (Å²) in [6.45, 7) is 14.4. The minimum absolute atomic E-state index is 0. The van der Waals surface area contributed by atoms with Crippen LogP contribution in [0.1, 0.15) is 90.9 Å². The molecule has 0 aliphatic carbocycles. The number of Topliss-reactive ketones (excluding diaryl/α,β-unsaturated/α-hetero) is 1. The average Bonchev–Trinajstić information content (AvgIpc) is 2.63. The van der Waals surface area contributed by atoms with Gasteiger partial charge in [-0.2, -0.15) is 0 Å². The maximum Gasteiger partial charge on any atom is 0.215 e. The van der Waals surface area contributed by atoms with Crippen LogP contribution in [0.2, 0.25) is 0 Å². The van der Waals surface area contributed by atoms with Gasteiger partial charge in [0.05, 0.1) is 20.1 Å². The summed E-state index contributed by atoms with van der Waals surface area (Å²) in [5, 5.41) is 0. The molecular weight excluding hydrogens is 368 g/mol. The number of halogens is 1. The van der Waals surface area contributed by atoms with Crippen LogP contribution in [0.3, 0.4) is 0 Å². The molecule has 0 radical (unpaired) electrons. The van der Waals surface area contributed by atoms with E-state index in [1.165, 1.54) is 64.2 Å². The van der Waals surface area contributed by atoms with Crippen molar-refractivity contribution >= 4 is 5.78 Å². The second-order valence-electron chi connectivity index (χ2n) is 8.45.